The van der Waals surface area contributed by atoms with E-state index in [0.717, 1.165) is 0 Å². The standard InChI is InChI=1S/C12H21NO2/c1-10(2,3)9(14)7-12(15,8-13)11(4,5)6/h15H,7H2,1-6H3. The molecular weight excluding hydrogens is 190 g/mol. The minimum Gasteiger partial charge on any atom is -0.374 e. The largest absolute Gasteiger partial charge is 0.374 e. The van der Waals surface area contributed by atoms with Crippen LogP contribution in [0.15, 0.2) is 0 Å². The lowest BCUT2D eigenvalue weighted by Gasteiger charge is -2.35. The van der Waals surface area contributed by atoms with E-state index >= 15 is 0 Å². The van der Waals surface area contributed by atoms with Crippen LogP contribution in [0.5, 0.6) is 0 Å². The van der Waals surface area contributed by atoms with Crippen molar-refractivity contribution in [1.29, 1.82) is 5.26 Å². The van der Waals surface area contributed by atoms with Gasteiger partial charge in [-0.25, -0.2) is 0 Å². The molecule has 0 bridgehead atoms. The van der Waals surface area contributed by atoms with Crippen LogP contribution in [0.3, 0.4) is 0 Å². The van der Waals surface area contributed by atoms with Crippen LogP contribution in [0.1, 0.15) is 48.0 Å². The Balaban J connectivity index is 4.94. The molecule has 15 heavy (non-hydrogen) atoms. The summed E-state index contributed by atoms with van der Waals surface area (Å²) in [5.74, 6) is -0.0959. The van der Waals surface area contributed by atoms with Crippen molar-refractivity contribution in [2.24, 2.45) is 10.8 Å². The van der Waals surface area contributed by atoms with E-state index < -0.39 is 16.4 Å². The first kappa shape index (κ1) is 14.1. The molecule has 0 saturated carbocycles. The van der Waals surface area contributed by atoms with Gasteiger partial charge in [-0.15, -0.1) is 0 Å². The predicted molar refractivity (Wildman–Crippen MR) is 59.1 cm³/mol. The Labute approximate surface area is 92.1 Å². The van der Waals surface area contributed by atoms with Crippen molar-refractivity contribution < 1.29 is 9.90 Å². The Morgan fingerprint density at radius 1 is 1.20 bits per heavy atom. The van der Waals surface area contributed by atoms with Crippen molar-refractivity contribution in [2.45, 2.75) is 53.6 Å². The molecular formula is C12H21NO2. The highest BCUT2D eigenvalue weighted by Gasteiger charge is 2.43. The molecule has 3 nitrogen and oxygen atoms in total. The van der Waals surface area contributed by atoms with Gasteiger partial charge in [0.05, 0.1) is 6.07 Å². The summed E-state index contributed by atoms with van der Waals surface area (Å²) in [5.41, 5.74) is -2.73. The van der Waals surface area contributed by atoms with Crippen LogP contribution in [-0.4, -0.2) is 16.5 Å². The number of Topliss-reactive ketones (excluding diaryl/α,β-unsaturated/α-hetero) is 1. The first-order valence-corrected chi connectivity index (χ1v) is 5.11. The molecule has 1 N–H and O–H groups in total. The molecule has 0 rings (SSSR count). The zero-order valence-electron chi connectivity index (χ0n) is 10.5. The monoisotopic (exact) mass is 211 g/mol. The molecule has 0 aromatic carbocycles. The van der Waals surface area contributed by atoms with Crippen LogP contribution in [0, 0.1) is 22.2 Å². The first-order chi connectivity index (χ1) is 6.44. The third-order valence-electron chi connectivity index (χ3n) is 2.68. The van der Waals surface area contributed by atoms with Crippen molar-refractivity contribution in [3.05, 3.63) is 0 Å². The maximum Gasteiger partial charge on any atom is 0.162 e. The molecule has 3 heteroatoms. The number of rotatable bonds is 2. The van der Waals surface area contributed by atoms with Gasteiger partial charge in [-0.3, -0.25) is 4.79 Å². The normalized spacial score (nSPS) is 16.7. The van der Waals surface area contributed by atoms with Gasteiger partial charge in [0.1, 0.15) is 5.78 Å². The molecule has 0 aromatic rings. The highest BCUT2D eigenvalue weighted by atomic mass is 16.3. The SMILES string of the molecule is CC(C)(C)C(=O)CC(O)(C#N)C(C)(C)C. The Hall–Kier alpha value is -0.880. The number of hydrogen-bond donors (Lipinski definition) is 1. The highest BCUT2D eigenvalue weighted by molar-refractivity contribution is 5.85. The first-order valence-electron chi connectivity index (χ1n) is 5.11. The van der Waals surface area contributed by atoms with E-state index in [0.29, 0.717) is 0 Å². The average Bonchev–Trinajstić information content (AvgIpc) is 2.00. The van der Waals surface area contributed by atoms with Gasteiger partial charge in [0.25, 0.3) is 0 Å². The molecule has 0 aliphatic heterocycles. The highest BCUT2D eigenvalue weighted by Crippen LogP contribution is 2.35. The van der Waals surface area contributed by atoms with Gasteiger partial charge in [0.15, 0.2) is 5.60 Å². The zero-order chi connectivity index (χ0) is 12.5. The number of hydrogen-bond acceptors (Lipinski definition) is 3. The van der Waals surface area contributed by atoms with Crippen molar-refractivity contribution in [3.8, 4) is 6.07 Å². The topological polar surface area (TPSA) is 61.1 Å². The predicted octanol–water partition coefficient (Wildman–Crippen LogP) is 2.29. The molecule has 0 heterocycles. The third-order valence-corrected chi connectivity index (χ3v) is 2.68. The summed E-state index contributed by atoms with van der Waals surface area (Å²) in [7, 11) is 0. The minimum absolute atomic E-state index is 0.0959. The van der Waals surface area contributed by atoms with Crippen LogP contribution < -0.4 is 0 Å². The van der Waals surface area contributed by atoms with Gasteiger partial charge >= 0.3 is 0 Å². The molecule has 0 aliphatic carbocycles. The molecule has 0 saturated heterocycles. The fourth-order valence-electron chi connectivity index (χ4n) is 0.970. The average molecular weight is 211 g/mol. The number of nitrogens with zero attached hydrogens (tertiary/aromatic N) is 1. The third kappa shape index (κ3) is 3.32. The van der Waals surface area contributed by atoms with E-state index in [2.05, 4.69) is 0 Å². The van der Waals surface area contributed by atoms with E-state index in [-0.39, 0.29) is 12.2 Å². The second-order valence-corrected chi connectivity index (χ2v) is 6.07. The lowest BCUT2D eigenvalue weighted by atomic mass is 9.71. The summed E-state index contributed by atoms with van der Waals surface area (Å²) in [6.45, 7) is 10.6. The maximum absolute atomic E-state index is 11.8. The van der Waals surface area contributed by atoms with Gasteiger partial charge in [-0.05, 0) is 0 Å². The number of carbonyl (C=O) groups is 1. The molecule has 0 aliphatic rings. The van der Waals surface area contributed by atoms with Crippen molar-refractivity contribution >= 4 is 5.78 Å². The molecule has 86 valence electrons. The van der Waals surface area contributed by atoms with Gasteiger partial charge in [-0.1, -0.05) is 41.5 Å². The number of aliphatic hydroxyl groups is 1. The lowest BCUT2D eigenvalue weighted by molar-refractivity contribution is -0.133. The smallest absolute Gasteiger partial charge is 0.162 e. The van der Waals surface area contributed by atoms with Crippen LogP contribution in [0.25, 0.3) is 0 Å². The summed E-state index contributed by atoms with van der Waals surface area (Å²) < 4.78 is 0. The number of carbonyl (C=O) groups excluding carboxylic acids is 1. The van der Waals surface area contributed by atoms with Crippen LogP contribution in [0.2, 0.25) is 0 Å². The molecule has 0 radical (unpaired) electrons. The quantitative estimate of drug-likeness (QED) is 0.713. The fourth-order valence-corrected chi connectivity index (χ4v) is 0.970. The molecule has 0 fully saturated rings. The maximum atomic E-state index is 11.8. The van der Waals surface area contributed by atoms with Gasteiger partial charge in [0.2, 0.25) is 0 Å². The summed E-state index contributed by atoms with van der Waals surface area (Å²) in [4.78, 5) is 11.8. The Kier molecular flexibility index (Phi) is 3.71. The van der Waals surface area contributed by atoms with Crippen molar-refractivity contribution in [2.75, 3.05) is 0 Å². The lowest BCUT2D eigenvalue weighted by Crippen LogP contribution is -2.45. The van der Waals surface area contributed by atoms with Crippen molar-refractivity contribution in [3.63, 3.8) is 0 Å². The van der Waals surface area contributed by atoms with E-state index in [4.69, 9.17) is 5.26 Å². The molecule has 1 atom stereocenters. The van der Waals surface area contributed by atoms with Gasteiger partial charge in [0, 0.05) is 17.3 Å². The van der Waals surface area contributed by atoms with E-state index in [1.54, 1.807) is 41.5 Å². The summed E-state index contributed by atoms with van der Waals surface area (Å²) >= 11 is 0. The van der Waals surface area contributed by atoms with Crippen LogP contribution in [0.4, 0.5) is 0 Å². The number of nitriles is 1. The Morgan fingerprint density at radius 2 is 1.60 bits per heavy atom. The van der Waals surface area contributed by atoms with Crippen LogP contribution >= 0.6 is 0 Å². The fraction of sp³-hybridized carbons (Fsp3) is 0.833. The van der Waals surface area contributed by atoms with E-state index in [1.807, 2.05) is 6.07 Å². The Bertz CT molecular complexity index is 288. The summed E-state index contributed by atoms with van der Waals surface area (Å²) in [6, 6.07) is 1.86. The Morgan fingerprint density at radius 3 is 1.80 bits per heavy atom. The van der Waals surface area contributed by atoms with E-state index in [1.165, 1.54) is 0 Å². The number of ketones is 1. The van der Waals surface area contributed by atoms with Crippen molar-refractivity contribution in [1.82, 2.24) is 0 Å². The van der Waals surface area contributed by atoms with E-state index in [9.17, 15) is 9.90 Å². The molecule has 1 unspecified atom stereocenters. The second kappa shape index (κ2) is 3.94. The van der Waals surface area contributed by atoms with Crippen LogP contribution in [-0.2, 0) is 4.79 Å². The molecule has 0 amide bonds. The summed E-state index contributed by atoms with van der Waals surface area (Å²) in [5, 5.41) is 19.1. The molecule has 0 aromatic heterocycles. The minimum atomic E-state index is -1.59. The molecule has 0 spiro atoms. The zero-order valence-corrected chi connectivity index (χ0v) is 10.5. The summed E-state index contributed by atoms with van der Waals surface area (Å²) in [6.07, 6.45) is -0.115. The van der Waals surface area contributed by atoms with Gasteiger partial charge in [-0.2, -0.15) is 5.26 Å². The second-order valence-electron chi connectivity index (χ2n) is 6.07. The van der Waals surface area contributed by atoms with Gasteiger partial charge < -0.3 is 5.11 Å².